The van der Waals surface area contributed by atoms with Gasteiger partial charge in [-0.15, -0.1) is 11.3 Å². The molecule has 2 N–H and O–H groups in total. The fraction of sp³-hybridized carbons (Fsp3) is 0.250. The maximum absolute atomic E-state index is 13.4. The fourth-order valence-electron chi connectivity index (χ4n) is 5.61. The summed E-state index contributed by atoms with van der Waals surface area (Å²) in [5.41, 5.74) is 8.49. The molecular weight excluding hydrogens is 506 g/mol. The van der Waals surface area contributed by atoms with E-state index in [1.54, 1.807) is 0 Å². The van der Waals surface area contributed by atoms with Crippen molar-refractivity contribution in [2.24, 2.45) is 0 Å². The molecule has 0 spiro atoms. The molecular formula is C32H31N3O3S. The Hall–Kier alpha value is -4.10. The van der Waals surface area contributed by atoms with E-state index >= 15 is 0 Å². The van der Waals surface area contributed by atoms with E-state index in [-0.39, 0.29) is 11.7 Å². The molecule has 0 fully saturated rings. The van der Waals surface area contributed by atoms with Gasteiger partial charge in [-0.1, -0.05) is 55.5 Å². The van der Waals surface area contributed by atoms with Crippen LogP contribution in [0.3, 0.4) is 0 Å². The lowest BCUT2D eigenvalue weighted by Crippen LogP contribution is -2.32. The highest BCUT2D eigenvalue weighted by atomic mass is 32.1. The summed E-state index contributed by atoms with van der Waals surface area (Å²) in [5, 5.41) is 8.54. The molecule has 2 heterocycles. The van der Waals surface area contributed by atoms with Gasteiger partial charge in [-0.3, -0.25) is 9.59 Å². The molecule has 3 aliphatic rings. The van der Waals surface area contributed by atoms with E-state index < -0.39 is 0 Å². The Morgan fingerprint density at radius 2 is 2.05 bits per heavy atom. The molecule has 1 unspecified atom stereocenters. The van der Waals surface area contributed by atoms with Crippen LogP contribution >= 0.6 is 11.3 Å². The van der Waals surface area contributed by atoms with Crippen molar-refractivity contribution in [1.82, 2.24) is 0 Å². The van der Waals surface area contributed by atoms with Crippen molar-refractivity contribution in [1.29, 1.82) is 0 Å². The summed E-state index contributed by atoms with van der Waals surface area (Å²) in [5.74, 6) is 0.785. The van der Waals surface area contributed by atoms with Gasteiger partial charge in [0.2, 0.25) is 5.78 Å². The van der Waals surface area contributed by atoms with Crippen molar-refractivity contribution in [3.8, 4) is 0 Å². The van der Waals surface area contributed by atoms with Crippen LogP contribution in [0, 0.1) is 0 Å². The van der Waals surface area contributed by atoms with E-state index in [9.17, 15) is 9.59 Å². The van der Waals surface area contributed by atoms with E-state index in [2.05, 4.69) is 71.0 Å². The van der Waals surface area contributed by atoms with Crippen LogP contribution in [0.4, 0.5) is 17.1 Å². The first-order valence-electron chi connectivity index (χ1n) is 13.3. The number of hydrogen-bond donors (Lipinski definition) is 2. The molecule has 0 bridgehead atoms. The van der Waals surface area contributed by atoms with Crippen LogP contribution in [-0.4, -0.2) is 31.9 Å². The van der Waals surface area contributed by atoms with Crippen molar-refractivity contribution in [3.05, 3.63) is 105 Å². The number of benzene rings is 2. The molecule has 1 amide bonds. The molecule has 3 aromatic rings. The SMILES string of the molecule is COC1=C(N2CCc3ccc(NC(=O)c4sccc4NC/C4=C/C=C/CC(C)c5ccccc54)cc32)CC1=O. The third kappa shape index (κ3) is 4.79. The predicted octanol–water partition coefficient (Wildman–Crippen LogP) is 6.75. The average molecular weight is 538 g/mol. The Balaban J connectivity index is 1.18. The Bertz CT molecular complexity index is 1550. The number of nitrogens with one attached hydrogen (secondary N) is 2. The van der Waals surface area contributed by atoms with E-state index in [1.807, 2.05) is 23.6 Å². The number of ketones is 1. The molecule has 1 aliphatic heterocycles. The van der Waals surface area contributed by atoms with Crippen molar-refractivity contribution in [3.63, 3.8) is 0 Å². The number of thiophene rings is 1. The molecule has 2 aromatic carbocycles. The molecule has 39 heavy (non-hydrogen) atoms. The molecule has 2 aliphatic carbocycles. The van der Waals surface area contributed by atoms with Gasteiger partial charge in [-0.05, 0) is 64.6 Å². The zero-order valence-corrected chi connectivity index (χ0v) is 22.9. The minimum Gasteiger partial charge on any atom is -0.491 e. The zero-order valence-electron chi connectivity index (χ0n) is 22.1. The van der Waals surface area contributed by atoms with Crippen LogP contribution in [0.1, 0.15) is 52.0 Å². The average Bonchev–Trinajstić information content (AvgIpc) is 3.57. The summed E-state index contributed by atoms with van der Waals surface area (Å²) in [7, 11) is 1.54. The number of rotatable bonds is 7. The van der Waals surface area contributed by atoms with Gasteiger partial charge in [-0.2, -0.15) is 0 Å². The van der Waals surface area contributed by atoms with Gasteiger partial charge in [-0.25, -0.2) is 0 Å². The van der Waals surface area contributed by atoms with Crippen molar-refractivity contribution in [2.45, 2.75) is 32.1 Å². The summed E-state index contributed by atoms with van der Waals surface area (Å²) in [6.45, 7) is 3.68. The number of fused-ring (bicyclic) bond motifs is 2. The number of hydrogen-bond acceptors (Lipinski definition) is 6. The Labute approximate surface area is 232 Å². The molecule has 198 valence electrons. The number of Topliss-reactive ketones (excluding diaryl/α,β-unsaturated/α-hetero) is 1. The summed E-state index contributed by atoms with van der Waals surface area (Å²) in [6.07, 6.45) is 8.82. The molecule has 0 saturated heterocycles. The Kier molecular flexibility index (Phi) is 6.83. The van der Waals surface area contributed by atoms with E-state index in [4.69, 9.17) is 4.74 Å². The highest BCUT2D eigenvalue weighted by Gasteiger charge is 2.35. The van der Waals surface area contributed by atoms with Gasteiger partial charge in [0.15, 0.2) is 5.76 Å². The summed E-state index contributed by atoms with van der Waals surface area (Å²) < 4.78 is 5.31. The summed E-state index contributed by atoms with van der Waals surface area (Å²) in [4.78, 5) is 28.0. The van der Waals surface area contributed by atoms with Crippen LogP contribution < -0.4 is 15.5 Å². The molecule has 6 nitrogen and oxygen atoms in total. The number of allylic oxidation sites excluding steroid dienone is 5. The second-order valence-electron chi connectivity index (χ2n) is 10.1. The van der Waals surface area contributed by atoms with Crippen molar-refractivity contribution >= 4 is 45.7 Å². The number of ether oxygens (including phenoxy) is 1. The third-order valence-electron chi connectivity index (χ3n) is 7.71. The molecule has 7 heteroatoms. The van der Waals surface area contributed by atoms with Gasteiger partial charge in [0.05, 0.1) is 24.9 Å². The Morgan fingerprint density at radius 1 is 1.18 bits per heavy atom. The molecule has 0 saturated carbocycles. The number of amides is 1. The molecule has 6 rings (SSSR count). The number of anilines is 3. The van der Waals surface area contributed by atoms with Crippen LogP contribution in [0.15, 0.2) is 83.6 Å². The highest BCUT2D eigenvalue weighted by Crippen LogP contribution is 2.39. The number of nitrogens with zero attached hydrogens (tertiary/aromatic N) is 1. The topological polar surface area (TPSA) is 70.7 Å². The molecule has 1 aromatic heterocycles. The van der Waals surface area contributed by atoms with E-state index in [1.165, 1.54) is 40.7 Å². The number of carbonyl (C=O) groups excluding carboxylic acids is 2. The minimum absolute atomic E-state index is 0.0346. The maximum Gasteiger partial charge on any atom is 0.267 e. The van der Waals surface area contributed by atoms with Crippen LogP contribution in [0.5, 0.6) is 0 Å². The van der Waals surface area contributed by atoms with Crippen LogP contribution in [-0.2, 0) is 16.0 Å². The Morgan fingerprint density at radius 3 is 2.90 bits per heavy atom. The smallest absolute Gasteiger partial charge is 0.267 e. The maximum atomic E-state index is 13.4. The highest BCUT2D eigenvalue weighted by molar-refractivity contribution is 7.12. The normalized spacial score (nSPS) is 20.2. The van der Waals surface area contributed by atoms with Gasteiger partial charge >= 0.3 is 0 Å². The van der Waals surface area contributed by atoms with Crippen molar-refractivity contribution in [2.75, 3.05) is 35.7 Å². The largest absolute Gasteiger partial charge is 0.491 e. The van der Waals surface area contributed by atoms with Crippen molar-refractivity contribution < 1.29 is 14.3 Å². The quantitative estimate of drug-likeness (QED) is 0.349. The lowest BCUT2D eigenvalue weighted by atomic mass is 9.88. The fourth-order valence-corrected chi connectivity index (χ4v) is 6.38. The second-order valence-corrected chi connectivity index (χ2v) is 11.1. The monoisotopic (exact) mass is 537 g/mol. The summed E-state index contributed by atoms with van der Waals surface area (Å²) >= 11 is 1.42. The first-order chi connectivity index (χ1) is 19.0. The van der Waals surface area contributed by atoms with E-state index in [0.717, 1.165) is 42.1 Å². The number of methoxy groups -OCH3 is 1. The molecule has 1 atom stereocenters. The minimum atomic E-state index is -0.145. The standard InChI is InChI=1S/C32H31N3O3S/c1-20-7-3-4-8-22(25-10-6-5-9-24(20)25)19-33-26-14-16-39-31(26)32(37)34-23-12-11-21-13-15-35(27(21)17-23)28-18-29(36)30(28)38-2/h3-6,8-12,14,16-17,20,33H,7,13,15,18-19H2,1-2H3,(H,34,37)/b4-3+,22-8-. The first kappa shape index (κ1) is 25.2. The lowest BCUT2D eigenvalue weighted by Gasteiger charge is -2.30. The van der Waals surface area contributed by atoms with Gasteiger partial charge in [0, 0.05) is 24.5 Å². The van der Waals surface area contributed by atoms with Gasteiger partial charge in [0.1, 0.15) is 4.88 Å². The predicted molar refractivity (Wildman–Crippen MR) is 159 cm³/mol. The second kappa shape index (κ2) is 10.6. The van der Waals surface area contributed by atoms with Crippen LogP contribution in [0.2, 0.25) is 0 Å². The molecule has 0 radical (unpaired) electrons. The third-order valence-corrected chi connectivity index (χ3v) is 8.63. The summed E-state index contributed by atoms with van der Waals surface area (Å²) in [6, 6.07) is 16.5. The van der Waals surface area contributed by atoms with E-state index in [0.29, 0.717) is 29.5 Å². The lowest BCUT2D eigenvalue weighted by molar-refractivity contribution is -0.120. The zero-order chi connectivity index (χ0) is 26.9. The number of carbonyl (C=O) groups is 2. The van der Waals surface area contributed by atoms with Gasteiger partial charge < -0.3 is 20.3 Å². The first-order valence-corrected chi connectivity index (χ1v) is 14.2. The van der Waals surface area contributed by atoms with Gasteiger partial charge in [0.25, 0.3) is 5.91 Å². The van der Waals surface area contributed by atoms with Crippen LogP contribution in [0.25, 0.3) is 5.57 Å².